The number of nitrogens with one attached hydrogen (secondary N) is 2. The average molecular weight is 1150 g/mol. The molecule has 0 spiro atoms. The maximum Gasteiger partial charge on any atom is 0.417 e. The highest BCUT2D eigenvalue weighted by molar-refractivity contribution is 7.81. The first kappa shape index (κ1) is 58.4. The van der Waals surface area contributed by atoms with E-state index >= 15 is 0 Å². The number of aliphatic hydroxyl groups excluding tert-OH is 1. The highest BCUT2D eigenvalue weighted by Crippen LogP contribution is 2.40. The molecule has 2 aliphatic heterocycles. The Morgan fingerprint density at radius 2 is 1.37 bits per heavy atom. The number of aromatic nitrogens is 1. The number of amides is 4. The Balaban J connectivity index is 0.745. The number of hydrogen-bond donors (Lipinski definition) is 3. The number of nitrogens with zero attached hydrogens (tertiary/aromatic N) is 5. The fourth-order valence-corrected chi connectivity index (χ4v) is 11.4. The number of hydrogen-bond acceptors (Lipinski definition) is 11. The third-order valence-corrected chi connectivity index (χ3v) is 15.8. The Kier molecular flexibility index (Phi) is 17.1. The molecule has 3 atom stereocenters. The average Bonchev–Trinajstić information content (AvgIpc) is 4.30. The van der Waals surface area contributed by atoms with Gasteiger partial charge < -0.3 is 35.0 Å². The van der Waals surface area contributed by atoms with Crippen LogP contribution >= 0.6 is 23.6 Å². The van der Waals surface area contributed by atoms with Gasteiger partial charge >= 0.3 is 6.18 Å². The maximum atomic E-state index is 14.1. The summed E-state index contributed by atoms with van der Waals surface area (Å²) >= 11 is 7.30. The molecule has 3 N–H and O–H groups in total. The molecule has 1 aromatic heterocycles. The number of likely N-dealkylation sites (tertiary alicyclic amines) is 1. The largest absolute Gasteiger partial charge is 0.489 e. The summed E-state index contributed by atoms with van der Waals surface area (Å²) in [5, 5.41) is 16.5. The van der Waals surface area contributed by atoms with Crippen molar-refractivity contribution in [3.8, 4) is 44.2 Å². The SMILES string of the molecule is CN=Cc1ccc(N2C(=O)C(C)(C)N(c3ccc(OCc4ccc(-c5ccc(-c6ccc(OCC(=O)N[C@H](C(=O)N7C[C@H](O)C[C@H]7C(=O)NCc7ccc(-c8scnc8C)cc7)C(C)(C)C)cc6)cc5)cc4)cc3)C2=S)cc1C(F)(F)F. The van der Waals surface area contributed by atoms with Crippen LogP contribution in [0, 0.1) is 12.3 Å². The molecule has 19 heteroatoms. The third kappa shape index (κ3) is 12.9. The van der Waals surface area contributed by atoms with Gasteiger partial charge in [-0.25, -0.2) is 4.98 Å². The van der Waals surface area contributed by atoms with Crippen molar-refractivity contribution in [2.24, 2.45) is 10.4 Å². The zero-order valence-electron chi connectivity index (χ0n) is 46.3. The smallest absolute Gasteiger partial charge is 0.417 e. The number of aliphatic imine (C=N–C) groups is 1. The first-order valence-electron chi connectivity index (χ1n) is 26.5. The number of β-amino-alcohol motifs (C(OH)–C–C–N with tert-alkyl or cyclic N) is 1. The molecule has 6 aromatic carbocycles. The van der Waals surface area contributed by atoms with Gasteiger partial charge in [0.25, 0.3) is 11.8 Å². The third-order valence-electron chi connectivity index (χ3n) is 14.5. The number of rotatable bonds is 17. The lowest BCUT2D eigenvalue weighted by atomic mass is 9.85. The minimum Gasteiger partial charge on any atom is -0.489 e. The fraction of sp³-hybridized carbons (Fsp3) is 0.286. The summed E-state index contributed by atoms with van der Waals surface area (Å²) in [5.74, 6) is -0.808. The van der Waals surface area contributed by atoms with E-state index in [0.717, 1.165) is 66.7 Å². The molecule has 2 saturated heterocycles. The molecule has 9 rings (SSSR count). The van der Waals surface area contributed by atoms with Crippen LogP contribution in [0.5, 0.6) is 11.5 Å². The van der Waals surface area contributed by atoms with E-state index in [-0.39, 0.29) is 55.0 Å². The van der Waals surface area contributed by atoms with Crippen molar-refractivity contribution in [2.45, 2.75) is 91.0 Å². The van der Waals surface area contributed by atoms with Crippen LogP contribution in [0.2, 0.25) is 0 Å². The zero-order valence-corrected chi connectivity index (χ0v) is 47.9. The number of thiocarbonyl (C=S) groups is 1. The monoisotopic (exact) mass is 1150 g/mol. The lowest BCUT2D eigenvalue weighted by Crippen LogP contribution is -2.58. The van der Waals surface area contributed by atoms with Crippen molar-refractivity contribution in [1.82, 2.24) is 20.5 Å². The molecule has 0 unspecified atom stereocenters. The molecule has 3 heterocycles. The predicted molar refractivity (Wildman–Crippen MR) is 317 cm³/mol. The molecule has 0 bridgehead atoms. The second-order valence-electron chi connectivity index (χ2n) is 21.8. The minimum absolute atomic E-state index is 0.00827. The Bertz CT molecular complexity index is 3510. The summed E-state index contributed by atoms with van der Waals surface area (Å²) < 4.78 is 54.0. The molecule has 14 nitrogen and oxygen atoms in total. The number of alkyl halides is 3. The van der Waals surface area contributed by atoms with Gasteiger partial charge in [0, 0.05) is 44.0 Å². The second-order valence-corrected chi connectivity index (χ2v) is 23.0. The Morgan fingerprint density at radius 1 is 0.817 bits per heavy atom. The number of thiazole rings is 1. The molecule has 0 aliphatic carbocycles. The molecule has 0 saturated carbocycles. The number of aryl methyl sites for hydroxylation is 1. The predicted octanol–water partition coefficient (Wildman–Crippen LogP) is 11.2. The van der Waals surface area contributed by atoms with Crippen LogP contribution in [0.25, 0.3) is 32.7 Å². The van der Waals surface area contributed by atoms with Crippen LogP contribution < -0.4 is 29.9 Å². The van der Waals surface area contributed by atoms with E-state index < -0.39 is 58.6 Å². The second kappa shape index (κ2) is 24.1. The quantitative estimate of drug-likeness (QED) is 0.0590. The van der Waals surface area contributed by atoms with Gasteiger partial charge in [-0.3, -0.25) is 29.1 Å². The van der Waals surface area contributed by atoms with E-state index in [2.05, 4.69) is 20.6 Å². The van der Waals surface area contributed by atoms with Gasteiger partial charge in [0.1, 0.15) is 35.7 Å². The summed E-state index contributed by atoms with van der Waals surface area (Å²) in [4.78, 5) is 68.1. The summed E-state index contributed by atoms with van der Waals surface area (Å²) in [5.41, 5.74) is 7.12. The number of aliphatic hydroxyl groups is 1. The van der Waals surface area contributed by atoms with Gasteiger partial charge in [0.15, 0.2) is 11.7 Å². The molecule has 0 radical (unpaired) electrons. The van der Waals surface area contributed by atoms with Gasteiger partial charge in [0.05, 0.1) is 33.4 Å². The Hall–Kier alpha value is -8.26. The summed E-state index contributed by atoms with van der Waals surface area (Å²) in [7, 11) is 1.38. The topological polar surface area (TPSA) is 166 Å². The Labute approximate surface area is 483 Å². The van der Waals surface area contributed by atoms with E-state index in [1.54, 1.807) is 72.0 Å². The first-order valence-corrected chi connectivity index (χ1v) is 27.8. The van der Waals surface area contributed by atoms with Crippen molar-refractivity contribution < 1.29 is 46.9 Å². The van der Waals surface area contributed by atoms with E-state index in [9.17, 15) is 37.5 Å². The van der Waals surface area contributed by atoms with Crippen molar-refractivity contribution in [3.63, 3.8) is 0 Å². The molecular weight excluding hydrogens is 1090 g/mol. The fourth-order valence-electron chi connectivity index (χ4n) is 10.0. The molecule has 7 aromatic rings. The molecular formula is C63H62F3N7O7S2. The number of carbonyl (C=O) groups is 4. The first-order chi connectivity index (χ1) is 39.0. The molecule has 4 amide bonds. The van der Waals surface area contributed by atoms with E-state index in [4.69, 9.17) is 21.7 Å². The van der Waals surface area contributed by atoms with Crippen LogP contribution in [0.3, 0.4) is 0 Å². The van der Waals surface area contributed by atoms with Crippen LogP contribution in [0.4, 0.5) is 24.5 Å². The standard InChI is InChI=1S/C63H62F3N7O7S2/c1-38-55(82-37-69-38)45-14-8-39(9-15-45)32-68-57(76)53-31-49(74)34-71(53)58(77)56(61(2,3)4)70-54(75)36-80-50-26-21-44(22-27-50)43-18-16-42(17-19-43)41-12-10-40(11-13-41)35-79-51-28-24-47(25-29-51)73-60(81)72(59(78)62(73,5)6)48-23-20-46(33-67-7)52(30-48)63(64,65)66/h8-30,33,37,49,53,56,74H,31-32,34-36H2,1-7H3,(H,68,76)(H,70,75)/t49-,53+,56-/m1/s1. The summed E-state index contributed by atoms with van der Waals surface area (Å²) in [6, 6.07) is 40.0. The minimum atomic E-state index is -4.68. The number of carbonyl (C=O) groups excluding carboxylic acids is 4. The van der Waals surface area contributed by atoms with Crippen LogP contribution in [0.15, 0.2) is 150 Å². The van der Waals surface area contributed by atoms with Crippen LogP contribution in [0.1, 0.15) is 69.0 Å². The van der Waals surface area contributed by atoms with Gasteiger partial charge in [-0.1, -0.05) is 112 Å². The number of halogens is 3. The summed E-state index contributed by atoms with van der Waals surface area (Å²) in [6.45, 7) is 10.9. The van der Waals surface area contributed by atoms with Crippen molar-refractivity contribution in [1.29, 1.82) is 0 Å². The van der Waals surface area contributed by atoms with E-state index in [1.165, 1.54) is 24.1 Å². The Morgan fingerprint density at radius 3 is 1.94 bits per heavy atom. The van der Waals surface area contributed by atoms with Crippen molar-refractivity contribution in [3.05, 3.63) is 173 Å². The highest BCUT2D eigenvalue weighted by Gasteiger charge is 2.51. The van der Waals surface area contributed by atoms with Gasteiger partial charge in [0.2, 0.25) is 11.8 Å². The van der Waals surface area contributed by atoms with Gasteiger partial charge in [-0.15, -0.1) is 11.3 Å². The van der Waals surface area contributed by atoms with Crippen molar-refractivity contribution >= 4 is 69.9 Å². The number of benzene rings is 6. The molecule has 82 heavy (non-hydrogen) atoms. The van der Waals surface area contributed by atoms with Crippen molar-refractivity contribution in [2.75, 3.05) is 30.0 Å². The maximum absolute atomic E-state index is 14.1. The molecule has 2 aliphatic rings. The van der Waals surface area contributed by atoms with Gasteiger partial charge in [-0.05, 0) is 126 Å². The van der Waals surface area contributed by atoms with Crippen LogP contribution in [-0.4, -0.2) is 93.9 Å². The number of ether oxygens (including phenoxy) is 2. The lowest BCUT2D eigenvalue weighted by Gasteiger charge is -2.35. The van der Waals surface area contributed by atoms with Crippen LogP contribution in [-0.2, 0) is 38.5 Å². The highest BCUT2D eigenvalue weighted by atomic mass is 32.1. The van der Waals surface area contributed by atoms with E-state index in [0.29, 0.717) is 17.2 Å². The molecule has 424 valence electrons. The summed E-state index contributed by atoms with van der Waals surface area (Å²) in [6.07, 6.45) is -4.38. The van der Waals surface area contributed by atoms with E-state index in [1.807, 2.05) is 113 Å². The lowest BCUT2D eigenvalue weighted by molar-refractivity contribution is -0.144. The number of anilines is 2. The normalized spacial score (nSPS) is 16.6. The molecule has 2 fully saturated rings. The zero-order chi connectivity index (χ0) is 58.7. The van der Waals surface area contributed by atoms with Gasteiger partial charge in [-0.2, -0.15) is 13.2 Å².